The Balaban J connectivity index is 0.00000364. The van der Waals surface area contributed by atoms with Crippen molar-refractivity contribution in [3.63, 3.8) is 0 Å². The quantitative estimate of drug-likeness (QED) is 0.184. The van der Waals surface area contributed by atoms with Gasteiger partial charge >= 0.3 is 35.5 Å². The Morgan fingerprint density at radius 1 is 0.963 bits per heavy atom. The fourth-order valence-corrected chi connectivity index (χ4v) is 2.07. The fraction of sp³-hybridized carbons (Fsp3) is 0.111. The SMILES string of the molecule is O=C(/C=C/c1ccc(O)c(O)c1)O[C@H](Cc1ccc(O)c(O)c1)C(=O)[O-].[Na+]. The van der Waals surface area contributed by atoms with Gasteiger partial charge in [0.25, 0.3) is 0 Å². The van der Waals surface area contributed by atoms with Gasteiger partial charge in [-0.05, 0) is 41.5 Å². The van der Waals surface area contributed by atoms with Crippen molar-refractivity contribution in [2.75, 3.05) is 0 Å². The molecule has 4 N–H and O–H groups in total. The molecule has 0 aromatic heterocycles. The molecule has 0 unspecified atom stereocenters. The zero-order valence-electron chi connectivity index (χ0n) is 14.3. The van der Waals surface area contributed by atoms with Crippen LogP contribution in [0.2, 0.25) is 0 Å². The van der Waals surface area contributed by atoms with Crippen molar-refractivity contribution < 1.29 is 69.4 Å². The van der Waals surface area contributed by atoms with Crippen LogP contribution in [0.5, 0.6) is 23.0 Å². The number of carbonyl (C=O) groups is 2. The summed E-state index contributed by atoms with van der Waals surface area (Å²) < 4.78 is 4.82. The standard InChI is InChI=1S/C18H16O8.Na/c19-12-4-1-10(7-14(12)21)3-6-17(23)26-16(18(24)25)9-11-2-5-13(20)15(22)8-11;/h1-8,16,19-22H,9H2,(H,24,25);/q;+1/p-1/b6-3+;/t16-;/m1./s1. The van der Waals surface area contributed by atoms with E-state index >= 15 is 0 Å². The van der Waals surface area contributed by atoms with E-state index in [9.17, 15) is 35.1 Å². The number of hydrogen-bond donors (Lipinski definition) is 4. The number of rotatable bonds is 6. The molecular formula is C18H15NaO8. The first-order valence-corrected chi connectivity index (χ1v) is 7.38. The molecule has 0 aliphatic carbocycles. The first-order valence-electron chi connectivity index (χ1n) is 7.38. The van der Waals surface area contributed by atoms with Gasteiger partial charge in [-0.25, -0.2) is 4.79 Å². The Morgan fingerprint density at radius 2 is 1.56 bits per heavy atom. The maximum atomic E-state index is 11.8. The van der Waals surface area contributed by atoms with Gasteiger partial charge in [0.05, 0.1) is 5.97 Å². The number of benzene rings is 2. The minimum Gasteiger partial charge on any atom is -0.546 e. The third-order valence-electron chi connectivity index (χ3n) is 3.39. The second kappa shape index (κ2) is 9.86. The molecule has 0 bridgehead atoms. The number of carboxylic acids is 1. The molecule has 136 valence electrons. The largest absolute Gasteiger partial charge is 1.00 e. The summed E-state index contributed by atoms with van der Waals surface area (Å²) in [7, 11) is 0. The number of esters is 1. The molecule has 2 aromatic carbocycles. The molecular weight excluding hydrogens is 367 g/mol. The Bertz CT molecular complexity index is 862. The molecule has 0 aliphatic rings. The van der Waals surface area contributed by atoms with Crippen LogP contribution in [-0.2, 0) is 20.7 Å². The van der Waals surface area contributed by atoms with Crippen LogP contribution >= 0.6 is 0 Å². The summed E-state index contributed by atoms with van der Waals surface area (Å²) in [6, 6.07) is 7.54. The maximum absolute atomic E-state index is 11.8. The number of carboxylic acid groups (broad SMARTS) is 1. The Labute approximate surface area is 176 Å². The van der Waals surface area contributed by atoms with Crippen LogP contribution < -0.4 is 34.7 Å². The average molecular weight is 382 g/mol. The van der Waals surface area contributed by atoms with Crippen LogP contribution in [0.15, 0.2) is 42.5 Å². The van der Waals surface area contributed by atoms with Gasteiger partial charge in [-0.15, -0.1) is 0 Å². The van der Waals surface area contributed by atoms with Crippen LogP contribution in [0.4, 0.5) is 0 Å². The first-order chi connectivity index (χ1) is 12.3. The van der Waals surface area contributed by atoms with E-state index in [1.54, 1.807) is 0 Å². The summed E-state index contributed by atoms with van der Waals surface area (Å²) in [5, 5.41) is 48.4. The zero-order valence-corrected chi connectivity index (χ0v) is 16.3. The van der Waals surface area contributed by atoms with E-state index in [1.807, 2.05) is 0 Å². The van der Waals surface area contributed by atoms with Crippen LogP contribution in [-0.4, -0.2) is 38.5 Å². The second-order valence-corrected chi connectivity index (χ2v) is 5.35. The smallest absolute Gasteiger partial charge is 0.546 e. The summed E-state index contributed by atoms with van der Waals surface area (Å²) in [6.07, 6.45) is 0.343. The predicted octanol–water partition coefficient (Wildman–Crippen LogP) is -2.57. The third-order valence-corrected chi connectivity index (χ3v) is 3.39. The average Bonchev–Trinajstić information content (AvgIpc) is 2.58. The number of phenols is 4. The normalized spacial score (nSPS) is 11.6. The Kier molecular flexibility index (Phi) is 8.17. The predicted molar refractivity (Wildman–Crippen MR) is 87.2 cm³/mol. The minimum atomic E-state index is -1.62. The van der Waals surface area contributed by atoms with Crippen LogP contribution in [0, 0.1) is 0 Å². The van der Waals surface area contributed by atoms with E-state index in [2.05, 4.69) is 0 Å². The van der Waals surface area contributed by atoms with Gasteiger partial charge in [0, 0.05) is 12.5 Å². The Morgan fingerprint density at radius 3 is 2.11 bits per heavy atom. The maximum Gasteiger partial charge on any atom is 1.00 e. The topological polar surface area (TPSA) is 147 Å². The van der Waals surface area contributed by atoms with Gasteiger partial charge in [0.15, 0.2) is 23.0 Å². The number of aliphatic carboxylic acids is 1. The van der Waals surface area contributed by atoms with Gasteiger partial charge < -0.3 is 35.1 Å². The second-order valence-electron chi connectivity index (χ2n) is 5.35. The molecule has 2 aromatic rings. The fourth-order valence-electron chi connectivity index (χ4n) is 2.07. The molecule has 0 fully saturated rings. The van der Waals surface area contributed by atoms with Crippen LogP contribution in [0.25, 0.3) is 6.08 Å². The molecule has 0 spiro atoms. The van der Waals surface area contributed by atoms with Crippen molar-refractivity contribution in [2.24, 2.45) is 0 Å². The molecule has 8 nitrogen and oxygen atoms in total. The Hall–Kier alpha value is -2.68. The number of ether oxygens (including phenoxy) is 1. The van der Waals surface area contributed by atoms with Crippen molar-refractivity contribution >= 4 is 18.0 Å². The van der Waals surface area contributed by atoms with Gasteiger partial charge in [-0.2, -0.15) is 0 Å². The summed E-state index contributed by atoms with van der Waals surface area (Å²) >= 11 is 0. The molecule has 27 heavy (non-hydrogen) atoms. The van der Waals surface area contributed by atoms with E-state index in [-0.39, 0.29) is 53.2 Å². The van der Waals surface area contributed by atoms with E-state index < -0.39 is 23.8 Å². The van der Waals surface area contributed by atoms with Gasteiger partial charge in [0.1, 0.15) is 6.10 Å². The number of phenolic OH excluding ortho intramolecular Hbond substituents is 4. The summed E-state index contributed by atoms with van der Waals surface area (Å²) in [5.41, 5.74) is 0.695. The first kappa shape index (κ1) is 22.4. The minimum absolute atomic E-state index is 0. The van der Waals surface area contributed by atoms with Crippen molar-refractivity contribution in [3.05, 3.63) is 53.6 Å². The molecule has 9 heteroatoms. The third kappa shape index (κ3) is 6.52. The van der Waals surface area contributed by atoms with Crippen LogP contribution in [0.1, 0.15) is 11.1 Å². The van der Waals surface area contributed by atoms with Gasteiger partial charge in [-0.1, -0.05) is 12.1 Å². The van der Waals surface area contributed by atoms with Crippen molar-refractivity contribution in [3.8, 4) is 23.0 Å². The monoisotopic (exact) mass is 382 g/mol. The zero-order chi connectivity index (χ0) is 19.3. The van der Waals surface area contributed by atoms with Gasteiger partial charge in [0.2, 0.25) is 0 Å². The molecule has 0 aliphatic heterocycles. The molecule has 0 amide bonds. The summed E-state index contributed by atoms with van der Waals surface area (Å²) in [5.74, 6) is -4.08. The van der Waals surface area contributed by atoms with Crippen LogP contribution in [0.3, 0.4) is 0 Å². The molecule has 1 atom stereocenters. The van der Waals surface area contributed by atoms with Crippen molar-refractivity contribution in [1.29, 1.82) is 0 Å². The number of aromatic hydroxyl groups is 4. The van der Waals surface area contributed by atoms with E-state index in [4.69, 9.17) is 4.74 Å². The molecule has 0 saturated carbocycles. The van der Waals surface area contributed by atoms with Crippen molar-refractivity contribution in [2.45, 2.75) is 12.5 Å². The summed E-state index contributed by atoms with van der Waals surface area (Å²) in [6.45, 7) is 0. The molecule has 0 heterocycles. The van der Waals surface area contributed by atoms with E-state index in [0.717, 1.165) is 12.1 Å². The number of carbonyl (C=O) groups excluding carboxylic acids is 2. The molecule has 0 radical (unpaired) electrons. The summed E-state index contributed by atoms with van der Waals surface area (Å²) in [4.78, 5) is 23.0. The van der Waals surface area contributed by atoms with E-state index in [0.29, 0.717) is 11.1 Å². The van der Waals surface area contributed by atoms with E-state index in [1.165, 1.54) is 36.4 Å². The molecule has 2 rings (SSSR count). The van der Waals surface area contributed by atoms with Crippen molar-refractivity contribution in [1.82, 2.24) is 0 Å². The molecule has 0 saturated heterocycles. The van der Waals surface area contributed by atoms with Gasteiger partial charge in [-0.3, -0.25) is 0 Å². The number of hydrogen-bond acceptors (Lipinski definition) is 8.